The third kappa shape index (κ3) is 3.51. The predicted molar refractivity (Wildman–Crippen MR) is 111 cm³/mol. The van der Waals surface area contributed by atoms with Gasteiger partial charge >= 0.3 is 0 Å². The molecule has 0 radical (unpaired) electrons. The van der Waals surface area contributed by atoms with E-state index in [9.17, 15) is 4.79 Å². The van der Waals surface area contributed by atoms with E-state index in [-0.39, 0.29) is 5.91 Å². The van der Waals surface area contributed by atoms with Gasteiger partial charge in [0.25, 0.3) is 11.6 Å². The zero-order valence-corrected chi connectivity index (χ0v) is 17.0. The molecule has 29 heavy (non-hydrogen) atoms. The molecule has 1 N–H and O–H groups in total. The molecule has 3 aromatic heterocycles. The summed E-state index contributed by atoms with van der Waals surface area (Å²) in [5, 5.41) is 12.1. The normalized spacial score (nSPS) is 11.2. The topological polar surface area (TPSA) is 85.8 Å². The van der Waals surface area contributed by atoms with Crippen LogP contribution in [0.15, 0.2) is 40.9 Å². The van der Waals surface area contributed by atoms with Crippen molar-refractivity contribution < 1.29 is 9.32 Å². The molecule has 0 fully saturated rings. The maximum Gasteiger partial charge on any atom is 0.259 e. The van der Waals surface area contributed by atoms with E-state index in [4.69, 9.17) is 4.52 Å². The van der Waals surface area contributed by atoms with Gasteiger partial charge < -0.3 is 9.84 Å². The van der Waals surface area contributed by atoms with Crippen molar-refractivity contribution in [2.24, 2.45) is 7.05 Å². The molecule has 0 aliphatic rings. The quantitative estimate of drug-likeness (QED) is 0.564. The molecule has 7 nitrogen and oxygen atoms in total. The minimum Gasteiger partial charge on any atom is -0.352 e. The molecular weight excluding hydrogens is 366 g/mol. The molecule has 0 spiro atoms. The third-order valence-corrected chi connectivity index (χ3v) is 5.25. The Bertz CT molecular complexity index is 1190. The van der Waals surface area contributed by atoms with Crippen LogP contribution in [0.25, 0.3) is 22.4 Å². The lowest BCUT2D eigenvalue weighted by atomic mass is 10.0. The average molecular weight is 389 g/mol. The van der Waals surface area contributed by atoms with Crippen LogP contribution in [-0.4, -0.2) is 32.4 Å². The molecule has 3 heterocycles. The Morgan fingerprint density at radius 1 is 1.14 bits per heavy atom. The molecule has 0 bridgehead atoms. The molecule has 4 aromatic rings. The Balaban J connectivity index is 1.62. The van der Waals surface area contributed by atoms with E-state index < -0.39 is 0 Å². The largest absolute Gasteiger partial charge is 0.352 e. The molecule has 0 aliphatic heterocycles. The van der Waals surface area contributed by atoms with Crippen molar-refractivity contribution in [1.82, 2.24) is 25.2 Å². The van der Waals surface area contributed by atoms with Crippen molar-refractivity contribution in [2.75, 3.05) is 6.54 Å². The monoisotopic (exact) mass is 389 g/mol. The maximum absolute atomic E-state index is 13.0. The Labute approximate surface area is 168 Å². The molecule has 0 saturated carbocycles. The molecular formula is C22H23N5O2. The van der Waals surface area contributed by atoms with Crippen LogP contribution < -0.4 is 5.32 Å². The zero-order valence-electron chi connectivity index (χ0n) is 17.0. The van der Waals surface area contributed by atoms with E-state index in [1.54, 1.807) is 6.07 Å². The van der Waals surface area contributed by atoms with Crippen molar-refractivity contribution in [3.8, 4) is 11.3 Å². The Morgan fingerprint density at radius 2 is 1.90 bits per heavy atom. The number of carbonyl (C=O) groups excluding carboxylic acids is 1. The number of amides is 1. The van der Waals surface area contributed by atoms with Gasteiger partial charge in [0.05, 0.1) is 28.0 Å². The number of pyridine rings is 1. The van der Waals surface area contributed by atoms with E-state index in [1.165, 1.54) is 5.56 Å². The molecule has 0 unspecified atom stereocenters. The number of aryl methyl sites for hydroxylation is 3. The summed E-state index contributed by atoms with van der Waals surface area (Å²) in [6.45, 7) is 6.36. The van der Waals surface area contributed by atoms with E-state index in [0.717, 1.165) is 23.4 Å². The summed E-state index contributed by atoms with van der Waals surface area (Å²) in [5.41, 5.74) is 6.41. The molecule has 0 saturated heterocycles. The second-order valence-electron chi connectivity index (χ2n) is 7.15. The van der Waals surface area contributed by atoms with Crippen molar-refractivity contribution in [1.29, 1.82) is 0 Å². The molecule has 148 valence electrons. The fraction of sp³-hybridized carbons (Fsp3) is 0.273. The highest BCUT2D eigenvalue weighted by Crippen LogP contribution is 2.27. The lowest BCUT2D eigenvalue weighted by Crippen LogP contribution is -2.26. The average Bonchev–Trinajstić information content (AvgIpc) is 3.21. The molecule has 7 heteroatoms. The Kier molecular flexibility index (Phi) is 4.88. The highest BCUT2D eigenvalue weighted by Gasteiger charge is 2.19. The first-order valence-corrected chi connectivity index (χ1v) is 9.55. The minimum absolute atomic E-state index is 0.167. The maximum atomic E-state index is 13.0. The van der Waals surface area contributed by atoms with Crippen molar-refractivity contribution >= 4 is 17.0 Å². The van der Waals surface area contributed by atoms with Crippen LogP contribution in [0.1, 0.15) is 33.0 Å². The summed E-state index contributed by atoms with van der Waals surface area (Å²) >= 11 is 0. The number of nitrogens with one attached hydrogen (secondary N) is 1. The number of nitrogens with zero attached hydrogens (tertiary/aromatic N) is 4. The van der Waals surface area contributed by atoms with Crippen LogP contribution >= 0.6 is 0 Å². The second kappa shape index (κ2) is 7.50. The Morgan fingerprint density at radius 3 is 2.59 bits per heavy atom. The smallest absolute Gasteiger partial charge is 0.259 e. The third-order valence-electron chi connectivity index (χ3n) is 5.25. The van der Waals surface area contributed by atoms with Gasteiger partial charge in [-0.3, -0.25) is 9.48 Å². The van der Waals surface area contributed by atoms with Gasteiger partial charge in [0.2, 0.25) is 0 Å². The summed E-state index contributed by atoms with van der Waals surface area (Å²) in [6.07, 6.45) is 0.722. The number of rotatable bonds is 5. The molecule has 4 rings (SSSR count). The molecule has 0 aliphatic carbocycles. The molecule has 1 amide bonds. The number of hydrogen-bond donors (Lipinski definition) is 1. The summed E-state index contributed by atoms with van der Waals surface area (Å²) in [6, 6.07) is 11.5. The number of hydrogen-bond acceptors (Lipinski definition) is 5. The van der Waals surface area contributed by atoms with Crippen molar-refractivity contribution in [3.05, 3.63) is 64.6 Å². The summed E-state index contributed by atoms with van der Waals surface area (Å²) < 4.78 is 7.22. The van der Waals surface area contributed by atoms with Gasteiger partial charge in [-0.2, -0.15) is 5.10 Å². The first kappa shape index (κ1) is 18.9. The lowest BCUT2D eigenvalue weighted by Gasteiger charge is -2.09. The van der Waals surface area contributed by atoms with E-state index in [1.807, 2.05) is 62.8 Å². The van der Waals surface area contributed by atoms with Gasteiger partial charge in [-0.25, -0.2) is 4.98 Å². The number of benzene rings is 1. The van der Waals surface area contributed by atoms with E-state index in [0.29, 0.717) is 34.6 Å². The Hall–Kier alpha value is -3.48. The van der Waals surface area contributed by atoms with Crippen LogP contribution in [0.5, 0.6) is 0 Å². The summed E-state index contributed by atoms with van der Waals surface area (Å²) in [7, 11) is 1.93. The first-order chi connectivity index (χ1) is 14.0. The number of fused-ring (bicyclic) bond motifs is 1. The van der Waals surface area contributed by atoms with Crippen LogP contribution in [0, 0.1) is 20.8 Å². The fourth-order valence-corrected chi connectivity index (χ4v) is 3.61. The van der Waals surface area contributed by atoms with Crippen molar-refractivity contribution in [2.45, 2.75) is 27.2 Å². The SMILES string of the molecule is Cc1nn(C)c(C)c1CCNC(=O)c1cc(-c2ccccc2)nc2onc(C)c12. The van der Waals surface area contributed by atoms with Gasteiger partial charge in [0.15, 0.2) is 0 Å². The van der Waals surface area contributed by atoms with Crippen molar-refractivity contribution in [3.63, 3.8) is 0 Å². The van der Waals surface area contributed by atoms with Crippen LogP contribution in [0.4, 0.5) is 0 Å². The standard InChI is InChI=1S/C22H23N5O2/c1-13-17(15(3)27(4)25-13)10-11-23-21(28)18-12-19(16-8-6-5-7-9-16)24-22-20(18)14(2)26-29-22/h5-9,12H,10-11H2,1-4H3,(H,23,28). The van der Waals surface area contributed by atoms with E-state index in [2.05, 4.69) is 20.6 Å². The minimum atomic E-state index is -0.167. The van der Waals surface area contributed by atoms with Gasteiger partial charge in [0.1, 0.15) is 0 Å². The van der Waals surface area contributed by atoms with Crippen LogP contribution in [0.2, 0.25) is 0 Å². The van der Waals surface area contributed by atoms with Crippen LogP contribution in [-0.2, 0) is 13.5 Å². The fourth-order valence-electron chi connectivity index (χ4n) is 3.61. The lowest BCUT2D eigenvalue weighted by molar-refractivity contribution is 0.0955. The van der Waals surface area contributed by atoms with Gasteiger partial charge in [-0.15, -0.1) is 0 Å². The van der Waals surface area contributed by atoms with E-state index >= 15 is 0 Å². The summed E-state index contributed by atoms with van der Waals surface area (Å²) in [5.74, 6) is -0.167. The predicted octanol–water partition coefficient (Wildman–Crippen LogP) is 3.52. The first-order valence-electron chi connectivity index (χ1n) is 9.55. The number of carbonyl (C=O) groups is 1. The second-order valence-corrected chi connectivity index (χ2v) is 7.15. The molecule has 0 atom stereocenters. The highest BCUT2D eigenvalue weighted by molar-refractivity contribution is 6.07. The summed E-state index contributed by atoms with van der Waals surface area (Å²) in [4.78, 5) is 17.6. The van der Waals surface area contributed by atoms with Gasteiger partial charge in [-0.05, 0) is 38.8 Å². The number of aromatic nitrogens is 4. The van der Waals surface area contributed by atoms with Gasteiger partial charge in [0, 0.05) is 24.8 Å². The highest BCUT2D eigenvalue weighted by atomic mass is 16.5. The zero-order chi connectivity index (χ0) is 20.5. The van der Waals surface area contributed by atoms with Crippen LogP contribution in [0.3, 0.4) is 0 Å². The molecule has 1 aromatic carbocycles. The van der Waals surface area contributed by atoms with Gasteiger partial charge in [-0.1, -0.05) is 35.5 Å².